The second kappa shape index (κ2) is 6.56. The number of hydrogen-bond acceptors (Lipinski definition) is 7. The fourth-order valence-corrected chi connectivity index (χ4v) is 1.75. The summed E-state index contributed by atoms with van der Waals surface area (Å²) >= 11 is 1.06. The summed E-state index contributed by atoms with van der Waals surface area (Å²) in [7, 11) is 0. The summed E-state index contributed by atoms with van der Waals surface area (Å²) < 4.78 is 4.72. The third-order valence-corrected chi connectivity index (χ3v) is 2.70. The van der Waals surface area contributed by atoms with E-state index in [9.17, 15) is 14.9 Å². The maximum absolute atomic E-state index is 11.1. The molecule has 8 heteroatoms. The van der Waals surface area contributed by atoms with Gasteiger partial charge in [-0.1, -0.05) is 11.8 Å². The van der Waals surface area contributed by atoms with E-state index in [2.05, 4.69) is 4.98 Å². The standard InChI is InChI=1S/C10H9N3O4S/c1-2-17-10(14)6-18-9-4-3-8(13(15)16)7(5-11)12-9/h3-4H,2,6H2,1H3. The molecule has 0 radical (unpaired) electrons. The van der Waals surface area contributed by atoms with Gasteiger partial charge in [0.2, 0.25) is 5.69 Å². The number of ether oxygens (including phenoxy) is 1. The Morgan fingerprint density at radius 2 is 2.39 bits per heavy atom. The van der Waals surface area contributed by atoms with Crippen LogP contribution in [-0.4, -0.2) is 28.2 Å². The SMILES string of the molecule is CCOC(=O)CSc1ccc([N+](=O)[O-])c(C#N)n1. The number of nitro groups is 1. The van der Waals surface area contributed by atoms with Crippen LogP contribution in [0.2, 0.25) is 0 Å². The van der Waals surface area contributed by atoms with Crippen molar-refractivity contribution in [1.29, 1.82) is 5.26 Å². The topological polar surface area (TPSA) is 106 Å². The normalized spacial score (nSPS) is 9.56. The van der Waals surface area contributed by atoms with Crippen LogP contribution >= 0.6 is 11.8 Å². The van der Waals surface area contributed by atoms with Gasteiger partial charge >= 0.3 is 11.7 Å². The molecule has 0 aliphatic heterocycles. The number of esters is 1. The molecule has 0 saturated heterocycles. The fraction of sp³-hybridized carbons (Fsp3) is 0.300. The van der Waals surface area contributed by atoms with Gasteiger partial charge in [0, 0.05) is 6.07 Å². The lowest BCUT2D eigenvalue weighted by Crippen LogP contribution is -2.06. The van der Waals surface area contributed by atoms with Crippen LogP contribution in [0.3, 0.4) is 0 Å². The highest BCUT2D eigenvalue weighted by Gasteiger charge is 2.16. The highest BCUT2D eigenvalue weighted by molar-refractivity contribution is 7.99. The Hall–Kier alpha value is -2.14. The van der Waals surface area contributed by atoms with E-state index in [-0.39, 0.29) is 23.7 Å². The fourth-order valence-electron chi connectivity index (χ4n) is 1.08. The van der Waals surface area contributed by atoms with Gasteiger partial charge in [-0.3, -0.25) is 14.9 Å². The van der Waals surface area contributed by atoms with E-state index in [1.165, 1.54) is 12.1 Å². The molecule has 0 N–H and O–H groups in total. The Morgan fingerprint density at radius 3 is 2.94 bits per heavy atom. The minimum Gasteiger partial charge on any atom is -0.465 e. The van der Waals surface area contributed by atoms with Crippen molar-refractivity contribution in [2.75, 3.05) is 12.4 Å². The van der Waals surface area contributed by atoms with Crippen molar-refractivity contribution in [2.24, 2.45) is 0 Å². The summed E-state index contributed by atoms with van der Waals surface area (Å²) in [6.07, 6.45) is 0. The van der Waals surface area contributed by atoms with Crippen LogP contribution in [0, 0.1) is 21.4 Å². The molecule has 1 rings (SSSR count). The number of aromatic nitrogens is 1. The highest BCUT2D eigenvalue weighted by atomic mass is 32.2. The molecule has 0 saturated carbocycles. The summed E-state index contributed by atoms with van der Waals surface area (Å²) in [5.41, 5.74) is -0.619. The van der Waals surface area contributed by atoms with Gasteiger partial charge in [0.25, 0.3) is 0 Å². The Morgan fingerprint density at radius 1 is 1.67 bits per heavy atom. The molecule has 0 amide bonds. The second-order valence-electron chi connectivity index (χ2n) is 2.98. The van der Waals surface area contributed by atoms with Crippen molar-refractivity contribution in [3.8, 4) is 6.07 Å². The van der Waals surface area contributed by atoms with Crippen molar-refractivity contribution in [3.05, 3.63) is 27.9 Å². The number of thioether (sulfide) groups is 1. The van der Waals surface area contributed by atoms with Crippen LogP contribution in [0.5, 0.6) is 0 Å². The Bertz CT molecular complexity index is 512. The first-order valence-electron chi connectivity index (χ1n) is 4.92. The average molecular weight is 267 g/mol. The molecule has 1 aromatic rings. The van der Waals surface area contributed by atoms with Gasteiger partial charge in [0.15, 0.2) is 0 Å². The van der Waals surface area contributed by atoms with Gasteiger partial charge in [0.05, 0.1) is 22.3 Å². The number of carbonyl (C=O) groups is 1. The number of pyridine rings is 1. The van der Waals surface area contributed by atoms with Gasteiger partial charge in [0.1, 0.15) is 6.07 Å². The number of rotatable bonds is 5. The quantitative estimate of drug-likeness (QED) is 0.344. The van der Waals surface area contributed by atoms with Crippen LogP contribution in [-0.2, 0) is 9.53 Å². The van der Waals surface area contributed by atoms with E-state index in [1.807, 2.05) is 0 Å². The molecule has 1 heterocycles. The third kappa shape index (κ3) is 3.71. The summed E-state index contributed by atoms with van der Waals surface area (Å²) in [6, 6.07) is 4.23. The minimum atomic E-state index is -0.675. The smallest absolute Gasteiger partial charge is 0.316 e. The number of nitriles is 1. The molecule has 0 aromatic carbocycles. The Balaban J connectivity index is 2.78. The highest BCUT2D eigenvalue weighted by Crippen LogP contribution is 2.22. The molecule has 0 fully saturated rings. The van der Waals surface area contributed by atoms with Crippen molar-refractivity contribution in [1.82, 2.24) is 4.98 Å². The monoisotopic (exact) mass is 267 g/mol. The summed E-state index contributed by atoms with van der Waals surface area (Å²) in [6.45, 7) is 1.98. The predicted molar refractivity (Wildman–Crippen MR) is 63.0 cm³/mol. The predicted octanol–water partition coefficient (Wildman–Crippen LogP) is 1.52. The van der Waals surface area contributed by atoms with Crippen molar-refractivity contribution < 1.29 is 14.5 Å². The lowest BCUT2D eigenvalue weighted by Gasteiger charge is -2.01. The third-order valence-electron chi connectivity index (χ3n) is 1.79. The Labute approximate surface area is 107 Å². The van der Waals surface area contributed by atoms with Crippen LogP contribution in [0.25, 0.3) is 0 Å². The van der Waals surface area contributed by atoms with Gasteiger partial charge in [-0.15, -0.1) is 0 Å². The van der Waals surface area contributed by atoms with E-state index in [0.29, 0.717) is 5.03 Å². The molecule has 1 aromatic heterocycles. The summed E-state index contributed by atoms with van der Waals surface area (Å²) in [5.74, 6) is -0.357. The molecule has 18 heavy (non-hydrogen) atoms. The molecular formula is C10H9N3O4S. The van der Waals surface area contributed by atoms with E-state index in [4.69, 9.17) is 10.00 Å². The van der Waals surface area contributed by atoms with Crippen LogP contribution in [0.1, 0.15) is 12.6 Å². The van der Waals surface area contributed by atoms with Gasteiger partial charge < -0.3 is 4.74 Å². The number of hydrogen-bond donors (Lipinski definition) is 0. The first-order valence-corrected chi connectivity index (χ1v) is 5.91. The van der Waals surface area contributed by atoms with E-state index < -0.39 is 10.9 Å². The molecule has 0 aliphatic carbocycles. The number of carbonyl (C=O) groups excluding carboxylic acids is 1. The molecular weight excluding hydrogens is 258 g/mol. The van der Waals surface area contributed by atoms with Crippen LogP contribution in [0.4, 0.5) is 5.69 Å². The maximum atomic E-state index is 11.1. The molecule has 7 nitrogen and oxygen atoms in total. The van der Waals surface area contributed by atoms with E-state index in [0.717, 1.165) is 11.8 Å². The van der Waals surface area contributed by atoms with Crippen LogP contribution in [0.15, 0.2) is 17.2 Å². The molecule has 0 unspecified atom stereocenters. The lowest BCUT2D eigenvalue weighted by molar-refractivity contribution is -0.385. The molecule has 0 spiro atoms. The average Bonchev–Trinajstić information content (AvgIpc) is 2.36. The first kappa shape index (κ1) is 13.9. The zero-order valence-electron chi connectivity index (χ0n) is 9.45. The van der Waals surface area contributed by atoms with Gasteiger partial charge in [-0.05, 0) is 13.0 Å². The molecule has 0 atom stereocenters. The van der Waals surface area contributed by atoms with Crippen molar-refractivity contribution >= 4 is 23.4 Å². The summed E-state index contributed by atoms with van der Waals surface area (Å²) in [5, 5.41) is 19.7. The van der Waals surface area contributed by atoms with Gasteiger partial charge in [-0.2, -0.15) is 5.26 Å². The van der Waals surface area contributed by atoms with Crippen molar-refractivity contribution in [2.45, 2.75) is 11.9 Å². The van der Waals surface area contributed by atoms with Crippen LogP contribution < -0.4 is 0 Å². The zero-order chi connectivity index (χ0) is 13.5. The Kier molecular flexibility index (Phi) is 5.07. The first-order chi connectivity index (χ1) is 8.58. The molecule has 0 aliphatic rings. The van der Waals surface area contributed by atoms with E-state index in [1.54, 1.807) is 13.0 Å². The zero-order valence-corrected chi connectivity index (χ0v) is 10.3. The number of nitrogens with zero attached hydrogens (tertiary/aromatic N) is 3. The van der Waals surface area contributed by atoms with Crippen molar-refractivity contribution in [3.63, 3.8) is 0 Å². The lowest BCUT2D eigenvalue weighted by atomic mass is 10.3. The molecule has 94 valence electrons. The minimum absolute atomic E-state index is 0.0452. The summed E-state index contributed by atoms with van der Waals surface area (Å²) in [4.78, 5) is 24.8. The van der Waals surface area contributed by atoms with E-state index >= 15 is 0 Å². The second-order valence-corrected chi connectivity index (χ2v) is 3.98. The molecule has 0 bridgehead atoms. The largest absolute Gasteiger partial charge is 0.465 e. The van der Waals surface area contributed by atoms with Gasteiger partial charge in [-0.25, -0.2) is 4.98 Å². The maximum Gasteiger partial charge on any atom is 0.316 e.